The molecule has 0 spiro atoms. The lowest BCUT2D eigenvalue weighted by Crippen LogP contribution is -2.40. The maximum Gasteiger partial charge on any atom is 0.326 e. The molecule has 1 aromatic rings. The summed E-state index contributed by atoms with van der Waals surface area (Å²) < 4.78 is 0.777. The van der Waals surface area contributed by atoms with E-state index < -0.39 is 12.0 Å². The Morgan fingerprint density at radius 1 is 1.47 bits per heavy atom. The molecule has 5 heteroatoms. The Hall–Kier alpha value is -1.62. The maximum atomic E-state index is 11.9. The number of benzene rings is 1. The second kappa shape index (κ2) is 7.74. The Labute approximate surface area is 120 Å². The number of carboxylic acid groups (broad SMARTS) is 1. The van der Waals surface area contributed by atoms with Gasteiger partial charge in [-0.05, 0) is 37.5 Å². The molecule has 102 valence electrons. The van der Waals surface area contributed by atoms with E-state index >= 15 is 0 Å². The predicted octanol–water partition coefficient (Wildman–Crippen LogP) is 2.99. The van der Waals surface area contributed by atoms with Crippen LogP contribution >= 0.6 is 15.9 Å². The summed E-state index contributed by atoms with van der Waals surface area (Å²) in [6.07, 6.45) is 3.53. The van der Waals surface area contributed by atoms with Crippen LogP contribution in [0.5, 0.6) is 0 Å². The van der Waals surface area contributed by atoms with Gasteiger partial charge in [0.25, 0.3) is 5.91 Å². The molecule has 1 amide bonds. The molecule has 4 nitrogen and oxygen atoms in total. The van der Waals surface area contributed by atoms with Crippen molar-refractivity contribution in [1.29, 1.82) is 0 Å². The molecule has 0 bridgehead atoms. The largest absolute Gasteiger partial charge is 0.480 e. The van der Waals surface area contributed by atoms with E-state index in [1.54, 1.807) is 30.3 Å². The van der Waals surface area contributed by atoms with Gasteiger partial charge in [-0.25, -0.2) is 4.79 Å². The average molecular weight is 326 g/mol. The van der Waals surface area contributed by atoms with Crippen LogP contribution in [0.2, 0.25) is 0 Å². The topological polar surface area (TPSA) is 66.4 Å². The van der Waals surface area contributed by atoms with Gasteiger partial charge in [0.2, 0.25) is 0 Å². The summed E-state index contributed by atoms with van der Waals surface area (Å²) >= 11 is 3.27. The van der Waals surface area contributed by atoms with Crippen molar-refractivity contribution in [3.63, 3.8) is 0 Å². The molecule has 0 aliphatic rings. The van der Waals surface area contributed by atoms with Crippen LogP contribution in [0.3, 0.4) is 0 Å². The molecule has 19 heavy (non-hydrogen) atoms. The lowest BCUT2D eigenvalue weighted by atomic mass is 10.1. The molecule has 0 saturated heterocycles. The second-order valence-electron chi connectivity index (χ2n) is 4.09. The minimum absolute atomic E-state index is 0.382. The van der Waals surface area contributed by atoms with Gasteiger partial charge in [0, 0.05) is 10.0 Å². The summed E-state index contributed by atoms with van der Waals surface area (Å²) in [7, 11) is 0. The van der Waals surface area contributed by atoms with E-state index in [2.05, 4.69) is 27.8 Å². The molecular weight excluding hydrogens is 310 g/mol. The van der Waals surface area contributed by atoms with Gasteiger partial charge in [-0.3, -0.25) is 4.79 Å². The number of hydrogen-bond acceptors (Lipinski definition) is 2. The number of halogens is 1. The van der Waals surface area contributed by atoms with Crippen LogP contribution in [-0.2, 0) is 4.79 Å². The monoisotopic (exact) mass is 325 g/mol. The highest BCUT2D eigenvalue weighted by molar-refractivity contribution is 9.10. The van der Waals surface area contributed by atoms with Crippen LogP contribution in [0.4, 0.5) is 0 Å². The van der Waals surface area contributed by atoms with Crippen molar-refractivity contribution in [1.82, 2.24) is 5.32 Å². The molecule has 0 heterocycles. The van der Waals surface area contributed by atoms with E-state index in [-0.39, 0.29) is 5.91 Å². The molecule has 1 aromatic carbocycles. The van der Waals surface area contributed by atoms with Crippen molar-refractivity contribution in [3.05, 3.63) is 47.0 Å². The molecule has 0 saturated carbocycles. The lowest BCUT2D eigenvalue weighted by Gasteiger charge is -2.14. The first kappa shape index (κ1) is 15.4. The van der Waals surface area contributed by atoms with E-state index in [1.807, 2.05) is 0 Å². The van der Waals surface area contributed by atoms with Gasteiger partial charge in [-0.1, -0.05) is 28.1 Å². The Bertz CT molecular complexity index is 474. The van der Waals surface area contributed by atoms with E-state index in [4.69, 9.17) is 5.11 Å². The standard InChI is InChI=1S/C14H16BrNO3/c1-2-3-4-8-12(14(18)19)16-13(17)10-6-5-7-11(15)9-10/h2,5-7,9,12H,1,3-4,8H2,(H,16,17)(H,18,19)/t12-/m1/s1. The first-order valence-corrected chi connectivity index (χ1v) is 6.74. The number of unbranched alkanes of at least 4 members (excludes halogenated alkanes) is 1. The Balaban J connectivity index is 2.65. The van der Waals surface area contributed by atoms with Crippen LogP contribution in [0.25, 0.3) is 0 Å². The third-order valence-corrected chi connectivity index (χ3v) is 3.08. The number of nitrogens with one attached hydrogen (secondary N) is 1. The first-order valence-electron chi connectivity index (χ1n) is 5.94. The predicted molar refractivity (Wildman–Crippen MR) is 77.1 cm³/mol. The van der Waals surface area contributed by atoms with Gasteiger partial charge >= 0.3 is 5.97 Å². The SMILES string of the molecule is C=CCCC[C@@H](NC(=O)c1cccc(Br)c1)C(=O)O. The van der Waals surface area contributed by atoms with Crippen LogP contribution < -0.4 is 5.32 Å². The highest BCUT2D eigenvalue weighted by Gasteiger charge is 2.19. The van der Waals surface area contributed by atoms with Gasteiger partial charge in [-0.2, -0.15) is 0 Å². The molecular formula is C14H16BrNO3. The van der Waals surface area contributed by atoms with E-state index in [0.29, 0.717) is 18.4 Å². The molecule has 0 radical (unpaired) electrons. The number of carbonyl (C=O) groups is 2. The van der Waals surface area contributed by atoms with Crippen LogP contribution in [-0.4, -0.2) is 23.0 Å². The van der Waals surface area contributed by atoms with Crippen LogP contribution in [0.1, 0.15) is 29.6 Å². The molecule has 0 aliphatic heterocycles. The van der Waals surface area contributed by atoms with Crippen molar-refractivity contribution in [2.24, 2.45) is 0 Å². The van der Waals surface area contributed by atoms with Gasteiger partial charge < -0.3 is 10.4 Å². The zero-order valence-electron chi connectivity index (χ0n) is 10.4. The third kappa shape index (κ3) is 5.26. The zero-order chi connectivity index (χ0) is 14.3. The van der Waals surface area contributed by atoms with Gasteiger partial charge in [0.15, 0.2) is 0 Å². The number of carboxylic acids is 1. The number of rotatable bonds is 7. The maximum absolute atomic E-state index is 11.9. The minimum Gasteiger partial charge on any atom is -0.480 e. The minimum atomic E-state index is -1.02. The first-order chi connectivity index (χ1) is 9.04. The van der Waals surface area contributed by atoms with Crippen molar-refractivity contribution in [3.8, 4) is 0 Å². The molecule has 0 aliphatic carbocycles. The van der Waals surface area contributed by atoms with Gasteiger partial charge in [0.05, 0.1) is 0 Å². The summed E-state index contributed by atoms with van der Waals surface area (Å²) in [5, 5.41) is 11.6. The summed E-state index contributed by atoms with van der Waals surface area (Å²) in [4.78, 5) is 23.0. The van der Waals surface area contributed by atoms with E-state index in [0.717, 1.165) is 10.9 Å². The molecule has 0 fully saturated rings. The van der Waals surface area contributed by atoms with Crippen molar-refractivity contribution in [2.45, 2.75) is 25.3 Å². The third-order valence-electron chi connectivity index (χ3n) is 2.59. The fourth-order valence-corrected chi connectivity index (χ4v) is 1.99. The lowest BCUT2D eigenvalue weighted by molar-refractivity contribution is -0.139. The normalized spacial score (nSPS) is 11.6. The molecule has 2 N–H and O–H groups in total. The zero-order valence-corrected chi connectivity index (χ0v) is 12.0. The van der Waals surface area contributed by atoms with Crippen molar-refractivity contribution >= 4 is 27.8 Å². The summed E-state index contributed by atoms with van der Waals surface area (Å²) in [5.41, 5.74) is 0.435. The quantitative estimate of drug-likeness (QED) is 0.598. The average Bonchev–Trinajstić information content (AvgIpc) is 2.37. The molecule has 1 atom stereocenters. The smallest absolute Gasteiger partial charge is 0.326 e. The summed E-state index contributed by atoms with van der Waals surface area (Å²) in [6.45, 7) is 3.58. The second-order valence-corrected chi connectivity index (χ2v) is 5.01. The van der Waals surface area contributed by atoms with Crippen LogP contribution in [0, 0.1) is 0 Å². The Kier molecular flexibility index (Phi) is 6.29. The number of carbonyl (C=O) groups excluding carboxylic acids is 1. The van der Waals surface area contributed by atoms with Crippen molar-refractivity contribution < 1.29 is 14.7 Å². The summed E-state index contributed by atoms with van der Waals surface area (Å²) in [6, 6.07) is 5.95. The van der Waals surface area contributed by atoms with Crippen molar-refractivity contribution in [2.75, 3.05) is 0 Å². The highest BCUT2D eigenvalue weighted by Crippen LogP contribution is 2.12. The van der Waals surface area contributed by atoms with Crippen LogP contribution in [0.15, 0.2) is 41.4 Å². The molecule has 1 rings (SSSR count). The molecule has 0 unspecified atom stereocenters. The Morgan fingerprint density at radius 3 is 2.79 bits per heavy atom. The van der Waals surface area contributed by atoms with Gasteiger partial charge in [0.1, 0.15) is 6.04 Å². The number of aliphatic carboxylic acids is 1. The number of allylic oxidation sites excluding steroid dienone is 1. The number of hydrogen-bond donors (Lipinski definition) is 2. The molecule has 0 aromatic heterocycles. The van der Waals surface area contributed by atoms with E-state index in [1.165, 1.54) is 0 Å². The fourth-order valence-electron chi connectivity index (χ4n) is 1.59. The van der Waals surface area contributed by atoms with E-state index in [9.17, 15) is 9.59 Å². The highest BCUT2D eigenvalue weighted by atomic mass is 79.9. The van der Waals surface area contributed by atoms with Gasteiger partial charge in [-0.15, -0.1) is 6.58 Å². The Morgan fingerprint density at radius 2 is 2.21 bits per heavy atom. The number of amides is 1. The summed E-state index contributed by atoms with van der Waals surface area (Å²) in [5.74, 6) is -1.40. The fraction of sp³-hybridized carbons (Fsp3) is 0.286.